The minimum atomic E-state index is -0.174. The molecule has 0 N–H and O–H groups in total. The van der Waals surface area contributed by atoms with E-state index in [-0.39, 0.29) is 5.41 Å². The molecule has 146 valence electrons. The Morgan fingerprint density at radius 1 is 1.24 bits per heavy atom. The van der Waals surface area contributed by atoms with Gasteiger partial charge in [-0.25, -0.2) is 9.97 Å². The Hall–Kier alpha value is -2.57. The number of ether oxygens (including phenoxy) is 1. The Balaban J connectivity index is 1.48. The van der Waals surface area contributed by atoms with Crippen molar-refractivity contribution in [2.75, 3.05) is 18.1 Å². The molecule has 2 aliphatic heterocycles. The van der Waals surface area contributed by atoms with Crippen LogP contribution >= 0.6 is 22.9 Å². The number of aromatic nitrogens is 3. The molecule has 1 atom stereocenters. The van der Waals surface area contributed by atoms with Gasteiger partial charge in [-0.3, -0.25) is 0 Å². The lowest BCUT2D eigenvalue weighted by atomic mass is 9.78. The third-order valence-electron chi connectivity index (χ3n) is 6.17. The molecule has 0 fully saturated rings. The summed E-state index contributed by atoms with van der Waals surface area (Å²) in [6.45, 7) is 4.26. The van der Waals surface area contributed by atoms with E-state index < -0.39 is 0 Å². The molecular weight excluding hydrogens is 404 g/mol. The zero-order valence-electron chi connectivity index (χ0n) is 16.1. The lowest BCUT2D eigenvalue weighted by Crippen LogP contribution is -2.36. The van der Waals surface area contributed by atoms with Crippen molar-refractivity contribution in [3.8, 4) is 5.75 Å². The van der Waals surface area contributed by atoms with Crippen LogP contribution in [0.25, 0.3) is 10.2 Å². The third-order valence-corrected chi connectivity index (χ3v) is 7.45. The fourth-order valence-corrected chi connectivity index (χ4v) is 5.72. The number of halogens is 1. The zero-order chi connectivity index (χ0) is 19.8. The van der Waals surface area contributed by atoms with Crippen LogP contribution in [0.4, 0.5) is 5.69 Å². The number of aryl methyl sites for hydroxylation is 1. The molecule has 2 aliphatic rings. The number of imidazole rings is 1. The zero-order valence-corrected chi connectivity index (χ0v) is 17.7. The molecule has 5 nitrogen and oxygen atoms in total. The second-order valence-corrected chi connectivity index (χ2v) is 9.47. The van der Waals surface area contributed by atoms with Crippen molar-refractivity contribution in [1.29, 1.82) is 0 Å². The van der Waals surface area contributed by atoms with Crippen LogP contribution in [0.1, 0.15) is 22.0 Å². The lowest BCUT2D eigenvalue weighted by Gasteiger charge is -2.25. The first-order valence-corrected chi connectivity index (χ1v) is 10.8. The number of thiazole rings is 1. The van der Waals surface area contributed by atoms with Crippen LogP contribution in [0.3, 0.4) is 0 Å². The first kappa shape index (κ1) is 17.3. The summed E-state index contributed by atoms with van der Waals surface area (Å²) in [4.78, 5) is 11.5. The largest absolute Gasteiger partial charge is 0.492 e. The molecule has 4 heterocycles. The average molecular weight is 423 g/mol. The van der Waals surface area contributed by atoms with Crippen molar-refractivity contribution in [2.24, 2.45) is 7.05 Å². The van der Waals surface area contributed by atoms with Crippen molar-refractivity contribution in [1.82, 2.24) is 14.5 Å². The molecule has 2 aromatic heterocycles. The summed E-state index contributed by atoms with van der Waals surface area (Å²) >= 11 is 7.96. The summed E-state index contributed by atoms with van der Waals surface area (Å²) in [7, 11) is 1.96. The Morgan fingerprint density at radius 3 is 2.93 bits per heavy atom. The van der Waals surface area contributed by atoms with Gasteiger partial charge < -0.3 is 14.2 Å². The van der Waals surface area contributed by atoms with E-state index in [1.807, 2.05) is 11.6 Å². The van der Waals surface area contributed by atoms with Crippen LogP contribution in [0.2, 0.25) is 5.15 Å². The fourth-order valence-electron chi connectivity index (χ4n) is 4.73. The first-order chi connectivity index (χ1) is 14.0. The van der Waals surface area contributed by atoms with E-state index in [1.54, 1.807) is 17.5 Å². The van der Waals surface area contributed by atoms with Crippen LogP contribution in [0.15, 0.2) is 42.6 Å². The molecule has 0 amide bonds. The van der Waals surface area contributed by atoms with Gasteiger partial charge in [0, 0.05) is 30.9 Å². The summed E-state index contributed by atoms with van der Waals surface area (Å²) in [6, 6.07) is 13.0. The molecule has 29 heavy (non-hydrogen) atoms. The van der Waals surface area contributed by atoms with Crippen LogP contribution in [0.5, 0.6) is 5.75 Å². The van der Waals surface area contributed by atoms with E-state index in [0.29, 0.717) is 18.3 Å². The smallest absolute Gasteiger partial charge is 0.129 e. The molecule has 2 aromatic carbocycles. The number of hydrogen-bond acceptors (Lipinski definition) is 5. The van der Waals surface area contributed by atoms with Gasteiger partial charge in [0.25, 0.3) is 0 Å². The number of anilines is 1. The highest BCUT2D eigenvalue weighted by atomic mass is 35.5. The van der Waals surface area contributed by atoms with Crippen molar-refractivity contribution >= 4 is 38.8 Å². The van der Waals surface area contributed by atoms with Crippen LogP contribution in [0, 0.1) is 6.92 Å². The fraction of sp³-hybridized carbons (Fsp3) is 0.273. The van der Waals surface area contributed by atoms with Gasteiger partial charge >= 0.3 is 0 Å². The van der Waals surface area contributed by atoms with Crippen LogP contribution in [-0.4, -0.2) is 27.7 Å². The summed E-state index contributed by atoms with van der Waals surface area (Å²) in [5, 5.41) is 1.73. The molecule has 1 spiro atoms. The number of para-hydroxylation sites is 1. The summed E-state index contributed by atoms with van der Waals surface area (Å²) in [5.41, 5.74) is 4.67. The Kier molecular flexibility index (Phi) is 3.56. The monoisotopic (exact) mass is 422 g/mol. The maximum Gasteiger partial charge on any atom is 0.129 e. The van der Waals surface area contributed by atoms with Gasteiger partial charge in [-0.1, -0.05) is 29.8 Å². The highest BCUT2D eigenvalue weighted by Gasteiger charge is 2.50. The minimum Gasteiger partial charge on any atom is -0.492 e. The molecular formula is C22H19ClN4OS. The number of hydrogen-bond donors (Lipinski definition) is 0. The van der Waals surface area contributed by atoms with Gasteiger partial charge in [0.05, 0.1) is 33.4 Å². The quantitative estimate of drug-likeness (QED) is 0.470. The second kappa shape index (κ2) is 5.97. The Morgan fingerprint density at radius 2 is 2.10 bits per heavy atom. The SMILES string of the molecule is Cc1nc2cc3c(cc2s1)C1(CO3)CN(Cc2ncc(Cl)n2C)c2ccccc21. The molecule has 6 rings (SSSR count). The van der Waals surface area contributed by atoms with Gasteiger partial charge in [-0.05, 0) is 24.6 Å². The first-order valence-electron chi connectivity index (χ1n) is 9.60. The van der Waals surface area contributed by atoms with Crippen molar-refractivity contribution < 1.29 is 4.74 Å². The number of nitrogens with zero attached hydrogens (tertiary/aromatic N) is 4. The van der Waals surface area contributed by atoms with Gasteiger partial charge in [0.15, 0.2) is 0 Å². The van der Waals surface area contributed by atoms with E-state index >= 15 is 0 Å². The van der Waals surface area contributed by atoms with Gasteiger partial charge in [-0.15, -0.1) is 11.3 Å². The maximum atomic E-state index is 6.23. The molecule has 7 heteroatoms. The molecule has 0 bridgehead atoms. The van der Waals surface area contributed by atoms with Crippen molar-refractivity contribution in [2.45, 2.75) is 18.9 Å². The summed E-state index contributed by atoms with van der Waals surface area (Å²) in [6.07, 6.45) is 1.71. The minimum absolute atomic E-state index is 0.174. The van der Waals surface area contributed by atoms with E-state index in [1.165, 1.54) is 21.5 Å². The van der Waals surface area contributed by atoms with Gasteiger partial charge in [-0.2, -0.15) is 0 Å². The number of benzene rings is 2. The predicted octanol–water partition coefficient (Wildman–Crippen LogP) is 4.69. The standard InChI is InChI=1S/C22H19ClN4OS/c1-13-25-16-8-18-15(7-19(16)29-13)22(12-28-18)11-27(17-6-4-3-5-14(17)22)10-21-24-9-20(23)26(21)2/h3-9H,10-12H2,1-2H3. The third kappa shape index (κ3) is 2.39. The van der Waals surface area contributed by atoms with Crippen molar-refractivity contribution in [3.63, 3.8) is 0 Å². The molecule has 0 aliphatic carbocycles. The summed E-state index contributed by atoms with van der Waals surface area (Å²) in [5.74, 6) is 1.91. The molecule has 1 unspecified atom stereocenters. The topological polar surface area (TPSA) is 43.2 Å². The Labute approximate surface area is 177 Å². The van der Waals surface area contributed by atoms with Crippen molar-refractivity contribution in [3.05, 3.63) is 69.7 Å². The lowest BCUT2D eigenvalue weighted by molar-refractivity contribution is 0.299. The molecule has 0 saturated carbocycles. The Bertz CT molecular complexity index is 1280. The summed E-state index contributed by atoms with van der Waals surface area (Å²) < 4.78 is 9.40. The number of fused-ring (bicyclic) bond motifs is 5. The van der Waals surface area contributed by atoms with E-state index in [9.17, 15) is 0 Å². The second-order valence-electron chi connectivity index (χ2n) is 7.85. The molecule has 0 saturated heterocycles. The van der Waals surface area contributed by atoms with E-state index in [4.69, 9.17) is 16.3 Å². The highest BCUT2D eigenvalue weighted by Crippen LogP contribution is 2.52. The van der Waals surface area contributed by atoms with Gasteiger partial charge in [0.2, 0.25) is 0 Å². The number of rotatable bonds is 2. The van der Waals surface area contributed by atoms with E-state index in [2.05, 4.69) is 58.2 Å². The van der Waals surface area contributed by atoms with Gasteiger partial charge in [0.1, 0.15) is 23.3 Å². The highest BCUT2D eigenvalue weighted by molar-refractivity contribution is 7.18. The predicted molar refractivity (Wildman–Crippen MR) is 116 cm³/mol. The molecule has 4 aromatic rings. The average Bonchev–Trinajstić information content (AvgIpc) is 3.43. The van der Waals surface area contributed by atoms with Crippen LogP contribution in [-0.2, 0) is 19.0 Å². The molecule has 0 radical (unpaired) electrons. The van der Waals surface area contributed by atoms with Crippen LogP contribution < -0.4 is 9.64 Å². The normalized spacial score (nSPS) is 19.8. The van der Waals surface area contributed by atoms with E-state index in [0.717, 1.165) is 28.6 Å². The maximum absolute atomic E-state index is 6.23.